The number of nitrogens with zero attached hydrogens (tertiary/aromatic N) is 1. The second-order valence-corrected chi connectivity index (χ2v) is 6.74. The third kappa shape index (κ3) is 1.94. The molecule has 0 saturated heterocycles. The first kappa shape index (κ1) is 13.2. The molecule has 22 heavy (non-hydrogen) atoms. The summed E-state index contributed by atoms with van der Waals surface area (Å²) < 4.78 is 23.8. The molecule has 0 unspecified atom stereocenters. The molecule has 1 heterocycles. The molecular weight excluding hydrogens is 296 g/mol. The average molecular weight is 308 g/mol. The molecular formula is C17H12N2O2S. The van der Waals surface area contributed by atoms with Gasteiger partial charge in [-0.25, -0.2) is 18.5 Å². The van der Waals surface area contributed by atoms with Crippen molar-refractivity contribution in [3.8, 4) is 0 Å². The monoisotopic (exact) mass is 308 g/mol. The standard InChI is InChI=1S/C17H12N2O2S/c18-22(20,21)16-7-3-5-11-8-9-15-13(17(11)16)10-12-4-1-2-6-14(12)19-15/h1-10H,(H2,18,20,21). The normalized spacial score (nSPS) is 12.2. The summed E-state index contributed by atoms with van der Waals surface area (Å²) in [6.45, 7) is 0. The van der Waals surface area contributed by atoms with Crippen LogP contribution in [0.5, 0.6) is 0 Å². The lowest BCUT2D eigenvalue weighted by Gasteiger charge is -2.09. The number of nitrogens with two attached hydrogens (primary N) is 1. The van der Waals surface area contributed by atoms with Crippen LogP contribution in [-0.4, -0.2) is 13.4 Å². The largest absolute Gasteiger partial charge is 0.248 e. The summed E-state index contributed by atoms with van der Waals surface area (Å²) in [4.78, 5) is 4.75. The zero-order valence-electron chi connectivity index (χ0n) is 11.5. The summed E-state index contributed by atoms with van der Waals surface area (Å²) in [6.07, 6.45) is 0. The van der Waals surface area contributed by atoms with Crippen LogP contribution in [0.1, 0.15) is 0 Å². The van der Waals surface area contributed by atoms with Crippen molar-refractivity contribution in [3.05, 3.63) is 60.7 Å². The highest BCUT2D eigenvalue weighted by Crippen LogP contribution is 2.31. The number of pyridine rings is 1. The van der Waals surface area contributed by atoms with E-state index >= 15 is 0 Å². The fraction of sp³-hybridized carbons (Fsp3) is 0. The number of primary sulfonamides is 1. The Bertz CT molecular complexity index is 1150. The molecule has 0 aliphatic rings. The van der Waals surface area contributed by atoms with Crippen LogP contribution >= 0.6 is 0 Å². The highest BCUT2D eigenvalue weighted by Gasteiger charge is 2.15. The summed E-state index contributed by atoms with van der Waals surface area (Å²) in [5, 5.41) is 8.59. The molecule has 0 radical (unpaired) electrons. The minimum atomic E-state index is -3.80. The zero-order chi connectivity index (χ0) is 15.3. The molecule has 4 aromatic rings. The maximum atomic E-state index is 11.9. The van der Waals surface area contributed by atoms with Gasteiger partial charge < -0.3 is 0 Å². The van der Waals surface area contributed by atoms with Gasteiger partial charge in [0.15, 0.2) is 0 Å². The molecule has 0 fully saturated rings. The van der Waals surface area contributed by atoms with E-state index in [1.807, 2.05) is 48.5 Å². The van der Waals surface area contributed by atoms with E-state index in [2.05, 4.69) is 4.98 Å². The first-order valence-electron chi connectivity index (χ1n) is 6.78. The highest BCUT2D eigenvalue weighted by molar-refractivity contribution is 7.89. The fourth-order valence-corrected chi connectivity index (χ4v) is 3.62. The summed E-state index contributed by atoms with van der Waals surface area (Å²) in [5.41, 5.74) is 1.63. The van der Waals surface area contributed by atoms with Crippen LogP contribution in [0.3, 0.4) is 0 Å². The smallest absolute Gasteiger partial charge is 0.238 e. The maximum Gasteiger partial charge on any atom is 0.238 e. The van der Waals surface area contributed by atoms with Crippen LogP contribution in [0.2, 0.25) is 0 Å². The third-order valence-corrected chi connectivity index (χ3v) is 4.76. The predicted octanol–water partition coefficient (Wildman–Crippen LogP) is 3.19. The van der Waals surface area contributed by atoms with Crippen molar-refractivity contribution in [1.29, 1.82) is 0 Å². The van der Waals surface area contributed by atoms with E-state index in [4.69, 9.17) is 5.14 Å². The Morgan fingerprint density at radius 1 is 0.818 bits per heavy atom. The van der Waals surface area contributed by atoms with Crippen LogP contribution in [0.4, 0.5) is 0 Å². The molecule has 5 heteroatoms. The second kappa shape index (κ2) is 4.50. The maximum absolute atomic E-state index is 11.9. The highest BCUT2D eigenvalue weighted by atomic mass is 32.2. The van der Waals surface area contributed by atoms with Crippen molar-refractivity contribution >= 4 is 42.6 Å². The minimum Gasteiger partial charge on any atom is -0.248 e. The molecule has 1 aromatic heterocycles. The van der Waals surface area contributed by atoms with Gasteiger partial charge in [0.2, 0.25) is 10.0 Å². The molecule has 3 aromatic carbocycles. The summed E-state index contributed by atoms with van der Waals surface area (Å²) in [6, 6.07) is 18.6. The number of rotatable bonds is 1. The van der Waals surface area contributed by atoms with Crippen molar-refractivity contribution < 1.29 is 8.42 Å². The van der Waals surface area contributed by atoms with Crippen LogP contribution in [0.25, 0.3) is 32.6 Å². The van der Waals surface area contributed by atoms with Gasteiger partial charge in [-0.05, 0) is 29.7 Å². The van der Waals surface area contributed by atoms with Gasteiger partial charge in [-0.2, -0.15) is 0 Å². The van der Waals surface area contributed by atoms with Gasteiger partial charge in [0, 0.05) is 16.2 Å². The summed E-state index contributed by atoms with van der Waals surface area (Å²) in [5.74, 6) is 0. The average Bonchev–Trinajstić information content (AvgIpc) is 2.51. The van der Waals surface area contributed by atoms with E-state index in [-0.39, 0.29) is 4.90 Å². The van der Waals surface area contributed by atoms with Gasteiger partial charge in [-0.15, -0.1) is 0 Å². The lowest BCUT2D eigenvalue weighted by molar-refractivity contribution is 0.598. The molecule has 0 spiro atoms. The van der Waals surface area contributed by atoms with E-state index in [1.54, 1.807) is 6.07 Å². The van der Waals surface area contributed by atoms with Crippen LogP contribution in [-0.2, 0) is 10.0 Å². The first-order valence-corrected chi connectivity index (χ1v) is 8.33. The van der Waals surface area contributed by atoms with E-state index in [0.29, 0.717) is 5.39 Å². The van der Waals surface area contributed by atoms with E-state index < -0.39 is 10.0 Å². The summed E-state index contributed by atoms with van der Waals surface area (Å²) >= 11 is 0. The Labute approximate surface area is 127 Å². The van der Waals surface area contributed by atoms with Crippen molar-refractivity contribution in [2.75, 3.05) is 0 Å². The Kier molecular flexibility index (Phi) is 2.69. The van der Waals surface area contributed by atoms with Crippen LogP contribution < -0.4 is 5.14 Å². The Morgan fingerprint density at radius 2 is 1.59 bits per heavy atom. The number of sulfonamides is 1. The van der Waals surface area contributed by atoms with Gasteiger partial charge in [0.25, 0.3) is 0 Å². The van der Waals surface area contributed by atoms with Gasteiger partial charge >= 0.3 is 0 Å². The minimum absolute atomic E-state index is 0.132. The summed E-state index contributed by atoms with van der Waals surface area (Å²) in [7, 11) is -3.80. The van der Waals surface area contributed by atoms with Crippen molar-refractivity contribution in [1.82, 2.24) is 4.98 Å². The second-order valence-electron chi connectivity index (χ2n) is 5.21. The topological polar surface area (TPSA) is 73.1 Å². The molecule has 0 saturated carbocycles. The van der Waals surface area contributed by atoms with Gasteiger partial charge in [-0.1, -0.05) is 36.4 Å². The van der Waals surface area contributed by atoms with Gasteiger partial charge in [-0.3, -0.25) is 0 Å². The molecule has 2 N–H and O–H groups in total. The molecule has 4 rings (SSSR count). The number of benzene rings is 3. The quantitative estimate of drug-likeness (QED) is 0.433. The molecule has 0 aliphatic carbocycles. The predicted molar refractivity (Wildman–Crippen MR) is 88.1 cm³/mol. The van der Waals surface area contributed by atoms with E-state index in [9.17, 15) is 8.42 Å². The Balaban J connectivity index is 2.29. The number of fused-ring (bicyclic) bond motifs is 4. The number of aromatic nitrogens is 1. The molecule has 4 nitrogen and oxygen atoms in total. The van der Waals surface area contributed by atoms with Crippen molar-refractivity contribution in [2.24, 2.45) is 5.14 Å². The van der Waals surface area contributed by atoms with E-state index in [0.717, 1.165) is 27.2 Å². The molecule has 0 amide bonds. The van der Waals surface area contributed by atoms with Crippen LogP contribution in [0, 0.1) is 0 Å². The molecule has 0 aliphatic heterocycles. The number of para-hydroxylation sites is 1. The lowest BCUT2D eigenvalue weighted by atomic mass is 10.0. The molecule has 0 atom stereocenters. The Hall–Kier alpha value is -2.50. The third-order valence-electron chi connectivity index (χ3n) is 3.81. The van der Waals surface area contributed by atoms with E-state index in [1.165, 1.54) is 6.07 Å². The first-order chi connectivity index (χ1) is 10.5. The number of hydrogen-bond acceptors (Lipinski definition) is 3. The molecule has 108 valence electrons. The van der Waals surface area contributed by atoms with Gasteiger partial charge in [0.1, 0.15) is 0 Å². The zero-order valence-corrected chi connectivity index (χ0v) is 12.3. The van der Waals surface area contributed by atoms with Crippen molar-refractivity contribution in [2.45, 2.75) is 4.90 Å². The van der Waals surface area contributed by atoms with Gasteiger partial charge in [0.05, 0.1) is 15.9 Å². The SMILES string of the molecule is NS(=O)(=O)c1cccc2ccc3nc4ccccc4cc3c12. The Morgan fingerprint density at radius 3 is 2.41 bits per heavy atom. The molecule has 0 bridgehead atoms. The van der Waals surface area contributed by atoms with Crippen molar-refractivity contribution in [3.63, 3.8) is 0 Å². The lowest BCUT2D eigenvalue weighted by Crippen LogP contribution is -2.12. The number of hydrogen-bond donors (Lipinski definition) is 1. The fourth-order valence-electron chi connectivity index (χ4n) is 2.84. The van der Waals surface area contributed by atoms with Crippen LogP contribution in [0.15, 0.2) is 65.6 Å².